The molecule has 1 N–H and O–H groups in total. The van der Waals surface area contributed by atoms with E-state index in [-0.39, 0.29) is 10.7 Å². The number of aromatic nitrogens is 1. The molecule has 8 heteroatoms. The lowest BCUT2D eigenvalue weighted by molar-refractivity contribution is -0.387. The van der Waals surface area contributed by atoms with E-state index in [2.05, 4.69) is 10.3 Å². The van der Waals surface area contributed by atoms with Gasteiger partial charge in [0.15, 0.2) is 0 Å². The molecule has 20 heavy (non-hydrogen) atoms. The third-order valence-electron chi connectivity index (χ3n) is 2.39. The van der Waals surface area contributed by atoms with Crippen LogP contribution in [0.1, 0.15) is 10.4 Å². The van der Waals surface area contributed by atoms with E-state index in [1.807, 2.05) is 0 Å². The fourth-order valence-corrected chi connectivity index (χ4v) is 1.65. The van der Waals surface area contributed by atoms with Crippen LogP contribution in [0.15, 0.2) is 36.5 Å². The molecular weight excluding hydrogens is 289 g/mol. The van der Waals surface area contributed by atoms with Crippen LogP contribution in [0.5, 0.6) is 0 Å². The second kappa shape index (κ2) is 5.62. The highest BCUT2D eigenvalue weighted by Gasteiger charge is 2.17. The normalized spacial score (nSPS) is 10.1. The number of pyridine rings is 1. The minimum atomic E-state index is -1.00. The first-order chi connectivity index (χ1) is 9.47. The molecule has 6 nitrogen and oxygen atoms in total. The Hall–Kier alpha value is -2.54. The summed E-state index contributed by atoms with van der Waals surface area (Å²) in [6.45, 7) is 0. The van der Waals surface area contributed by atoms with Crippen LogP contribution < -0.4 is 5.32 Å². The van der Waals surface area contributed by atoms with E-state index in [4.69, 9.17) is 11.6 Å². The van der Waals surface area contributed by atoms with Crippen LogP contribution in [0.25, 0.3) is 0 Å². The lowest BCUT2D eigenvalue weighted by Crippen LogP contribution is -2.12. The van der Waals surface area contributed by atoms with Crippen molar-refractivity contribution in [1.29, 1.82) is 0 Å². The number of anilines is 1. The van der Waals surface area contributed by atoms with Gasteiger partial charge in [0.25, 0.3) is 5.91 Å². The fraction of sp³-hybridized carbons (Fsp3) is 0. The van der Waals surface area contributed by atoms with Crippen molar-refractivity contribution in [2.75, 3.05) is 5.32 Å². The molecule has 1 aromatic carbocycles. The van der Waals surface area contributed by atoms with Gasteiger partial charge in [-0.25, -0.2) is 4.98 Å². The lowest BCUT2D eigenvalue weighted by Gasteiger charge is -2.05. The highest BCUT2D eigenvalue weighted by atomic mass is 35.5. The number of rotatable bonds is 3. The maximum absolute atomic E-state index is 13.2. The van der Waals surface area contributed by atoms with Crippen LogP contribution in [0.3, 0.4) is 0 Å². The predicted octanol–water partition coefficient (Wildman–Crippen LogP) is 3.03. The summed E-state index contributed by atoms with van der Waals surface area (Å²) < 4.78 is 13.2. The van der Waals surface area contributed by atoms with Gasteiger partial charge in [-0.05, 0) is 24.3 Å². The molecule has 0 aliphatic heterocycles. The number of halogens is 2. The number of hydrogen-bond donors (Lipinski definition) is 1. The van der Waals surface area contributed by atoms with Crippen molar-refractivity contribution in [3.8, 4) is 0 Å². The molecule has 0 radical (unpaired) electrons. The van der Waals surface area contributed by atoms with E-state index in [1.54, 1.807) is 0 Å². The zero-order chi connectivity index (χ0) is 14.7. The number of nitro groups is 1. The molecular formula is C12H7ClFN3O3. The average molecular weight is 296 g/mol. The molecule has 0 aliphatic carbocycles. The van der Waals surface area contributed by atoms with Crippen molar-refractivity contribution in [3.05, 3.63) is 63.2 Å². The first kappa shape index (κ1) is 13.9. The maximum atomic E-state index is 13.2. The summed E-state index contributed by atoms with van der Waals surface area (Å²) in [7, 11) is 0. The summed E-state index contributed by atoms with van der Waals surface area (Å²) in [4.78, 5) is 25.4. The van der Waals surface area contributed by atoms with Crippen LogP contribution in [-0.2, 0) is 0 Å². The van der Waals surface area contributed by atoms with Gasteiger partial charge in [0, 0.05) is 23.5 Å². The molecule has 2 rings (SSSR count). The summed E-state index contributed by atoms with van der Waals surface area (Å²) in [5, 5.41) is 13.3. The van der Waals surface area contributed by atoms with Crippen molar-refractivity contribution < 1.29 is 14.1 Å². The Labute approximate surface area is 117 Å². The van der Waals surface area contributed by atoms with Crippen LogP contribution in [0.4, 0.5) is 15.8 Å². The second-order valence-electron chi connectivity index (χ2n) is 3.74. The topological polar surface area (TPSA) is 85.1 Å². The van der Waals surface area contributed by atoms with Gasteiger partial charge < -0.3 is 5.32 Å². The summed E-state index contributed by atoms with van der Waals surface area (Å²) in [5.74, 6) is -1.62. The van der Waals surface area contributed by atoms with Crippen molar-refractivity contribution in [3.63, 3.8) is 0 Å². The van der Waals surface area contributed by atoms with E-state index in [1.165, 1.54) is 18.3 Å². The Morgan fingerprint density at radius 1 is 1.35 bits per heavy atom. The molecule has 102 valence electrons. The van der Waals surface area contributed by atoms with Crippen LogP contribution in [0.2, 0.25) is 5.15 Å². The molecule has 0 aliphatic rings. The highest BCUT2D eigenvalue weighted by Crippen LogP contribution is 2.20. The van der Waals surface area contributed by atoms with Gasteiger partial charge in [-0.1, -0.05) is 11.6 Å². The maximum Gasteiger partial charge on any atom is 0.305 e. The van der Waals surface area contributed by atoms with E-state index < -0.39 is 22.3 Å². The number of hydrogen-bond acceptors (Lipinski definition) is 4. The van der Waals surface area contributed by atoms with Crippen LogP contribution in [-0.4, -0.2) is 15.8 Å². The average Bonchev–Trinajstić information content (AvgIpc) is 2.38. The number of nitrogens with zero attached hydrogens (tertiary/aromatic N) is 2. The molecule has 0 fully saturated rings. The van der Waals surface area contributed by atoms with Gasteiger partial charge in [0.05, 0.1) is 4.92 Å². The predicted molar refractivity (Wildman–Crippen MR) is 70.3 cm³/mol. The van der Waals surface area contributed by atoms with E-state index >= 15 is 0 Å². The zero-order valence-corrected chi connectivity index (χ0v) is 10.6. The van der Waals surface area contributed by atoms with Crippen molar-refractivity contribution in [2.24, 2.45) is 0 Å². The van der Waals surface area contributed by atoms with Crippen molar-refractivity contribution >= 4 is 28.9 Å². The van der Waals surface area contributed by atoms with Crippen molar-refractivity contribution in [1.82, 2.24) is 4.98 Å². The Morgan fingerprint density at radius 2 is 2.10 bits per heavy atom. The van der Waals surface area contributed by atoms with Gasteiger partial charge in [-0.2, -0.15) is 4.39 Å². The largest absolute Gasteiger partial charge is 0.322 e. The first-order valence-corrected chi connectivity index (χ1v) is 5.72. The molecule has 2 aromatic rings. The SMILES string of the molecule is O=C(Nc1ccnc(Cl)c1)c1ccc(F)c([N+](=O)[O-])c1. The molecule has 0 spiro atoms. The molecule has 0 atom stereocenters. The Balaban J connectivity index is 2.26. The van der Waals surface area contributed by atoms with Gasteiger partial charge in [-0.3, -0.25) is 14.9 Å². The monoisotopic (exact) mass is 295 g/mol. The third-order valence-corrected chi connectivity index (χ3v) is 2.60. The summed E-state index contributed by atoms with van der Waals surface area (Å²) in [5.41, 5.74) is -0.418. The summed E-state index contributed by atoms with van der Waals surface area (Å²) in [6, 6.07) is 5.81. The Bertz CT molecular complexity index is 693. The van der Waals surface area contributed by atoms with Gasteiger partial charge in [0.1, 0.15) is 5.15 Å². The van der Waals surface area contributed by atoms with Crippen LogP contribution >= 0.6 is 11.6 Å². The second-order valence-corrected chi connectivity index (χ2v) is 4.13. The summed E-state index contributed by atoms with van der Waals surface area (Å²) in [6.07, 6.45) is 1.39. The number of nitro benzene ring substituents is 1. The van der Waals surface area contributed by atoms with Gasteiger partial charge in [0.2, 0.25) is 5.82 Å². The third kappa shape index (κ3) is 3.07. The minimum absolute atomic E-state index is 0.0361. The summed E-state index contributed by atoms with van der Waals surface area (Å²) >= 11 is 5.66. The molecule has 1 aromatic heterocycles. The fourth-order valence-electron chi connectivity index (χ4n) is 1.48. The number of amides is 1. The van der Waals surface area contributed by atoms with Gasteiger partial charge in [-0.15, -0.1) is 0 Å². The molecule has 0 bridgehead atoms. The molecule has 0 saturated heterocycles. The Morgan fingerprint density at radius 3 is 2.75 bits per heavy atom. The van der Waals surface area contributed by atoms with E-state index in [0.717, 1.165) is 18.2 Å². The minimum Gasteiger partial charge on any atom is -0.322 e. The standard InChI is InChI=1S/C12H7ClFN3O3/c13-11-6-8(3-4-15-11)16-12(18)7-1-2-9(14)10(5-7)17(19)20/h1-6H,(H,15,16,18). The zero-order valence-electron chi connectivity index (χ0n) is 9.84. The van der Waals surface area contributed by atoms with E-state index in [9.17, 15) is 19.3 Å². The van der Waals surface area contributed by atoms with E-state index in [0.29, 0.717) is 5.69 Å². The highest BCUT2D eigenvalue weighted by molar-refractivity contribution is 6.29. The van der Waals surface area contributed by atoms with Crippen LogP contribution in [0, 0.1) is 15.9 Å². The van der Waals surface area contributed by atoms with Gasteiger partial charge >= 0.3 is 5.69 Å². The van der Waals surface area contributed by atoms with Crippen molar-refractivity contribution in [2.45, 2.75) is 0 Å². The first-order valence-electron chi connectivity index (χ1n) is 5.34. The molecule has 1 heterocycles. The smallest absolute Gasteiger partial charge is 0.305 e. The molecule has 1 amide bonds. The molecule has 0 unspecified atom stereocenters. The number of carbonyl (C=O) groups excluding carboxylic acids is 1. The number of benzene rings is 1. The lowest BCUT2D eigenvalue weighted by atomic mass is 10.2. The Kier molecular flexibility index (Phi) is 3.90. The number of nitrogens with one attached hydrogen (secondary N) is 1. The quantitative estimate of drug-likeness (QED) is 0.536. The number of carbonyl (C=O) groups is 1. The molecule has 0 saturated carbocycles.